The summed E-state index contributed by atoms with van der Waals surface area (Å²) < 4.78 is 5.30. The van der Waals surface area contributed by atoms with E-state index >= 15 is 0 Å². The first-order valence-electron chi connectivity index (χ1n) is 6.72. The van der Waals surface area contributed by atoms with Crippen LogP contribution in [0.3, 0.4) is 0 Å². The molecular weight excluding hydrogens is 266 g/mol. The van der Waals surface area contributed by atoms with Crippen LogP contribution in [0.5, 0.6) is 0 Å². The zero-order chi connectivity index (χ0) is 15.5. The molecule has 5 nitrogen and oxygen atoms in total. The number of pyridine rings is 2. The normalized spacial score (nSPS) is 11.2. The van der Waals surface area contributed by atoms with E-state index in [4.69, 9.17) is 10.5 Å². The van der Waals surface area contributed by atoms with Crippen molar-refractivity contribution in [2.45, 2.75) is 32.8 Å². The quantitative estimate of drug-likeness (QED) is 0.877. The summed E-state index contributed by atoms with van der Waals surface area (Å²) in [5.41, 5.74) is 7.74. The Labute approximate surface area is 124 Å². The number of nitrogens with zero attached hydrogens (tertiary/aromatic N) is 2. The van der Waals surface area contributed by atoms with E-state index in [1.807, 2.05) is 39.0 Å². The maximum atomic E-state index is 11.8. The van der Waals surface area contributed by atoms with E-state index in [2.05, 4.69) is 9.97 Å². The van der Waals surface area contributed by atoms with E-state index < -0.39 is 5.60 Å². The molecule has 0 atom stereocenters. The van der Waals surface area contributed by atoms with Crippen molar-refractivity contribution >= 4 is 11.8 Å². The molecule has 2 aromatic rings. The van der Waals surface area contributed by atoms with Crippen LogP contribution in [0.25, 0.3) is 11.1 Å². The van der Waals surface area contributed by atoms with Gasteiger partial charge >= 0.3 is 5.97 Å². The zero-order valence-corrected chi connectivity index (χ0v) is 12.5. The number of ether oxygens (including phenoxy) is 1. The Bertz CT molecular complexity index is 648. The molecule has 0 aliphatic heterocycles. The Morgan fingerprint density at radius 3 is 2.38 bits per heavy atom. The topological polar surface area (TPSA) is 78.1 Å². The Morgan fingerprint density at radius 1 is 1.14 bits per heavy atom. The molecule has 0 bridgehead atoms. The molecule has 0 aromatic carbocycles. The molecule has 5 heteroatoms. The first-order valence-corrected chi connectivity index (χ1v) is 6.72. The predicted octanol–water partition coefficient (Wildman–Crippen LogP) is 2.61. The van der Waals surface area contributed by atoms with E-state index in [0.29, 0.717) is 11.5 Å². The van der Waals surface area contributed by atoms with Gasteiger partial charge in [0, 0.05) is 12.4 Å². The number of nitrogen functional groups attached to an aromatic ring is 1. The van der Waals surface area contributed by atoms with Crippen molar-refractivity contribution in [3.63, 3.8) is 0 Å². The third-order valence-corrected chi connectivity index (χ3v) is 2.68. The molecule has 0 unspecified atom stereocenters. The lowest BCUT2D eigenvalue weighted by Crippen LogP contribution is -2.25. The monoisotopic (exact) mass is 285 g/mol. The smallest absolute Gasteiger partial charge is 0.312 e. The first-order chi connectivity index (χ1) is 9.83. The summed E-state index contributed by atoms with van der Waals surface area (Å²) in [5.74, 6) is 0.166. The van der Waals surface area contributed by atoms with Gasteiger partial charge in [-0.05, 0) is 56.2 Å². The Kier molecular flexibility index (Phi) is 4.21. The number of carbonyl (C=O) groups excluding carboxylic acids is 1. The standard InChI is InChI=1S/C16H19N3O2/c1-16(2,3)21-15(20)10-13-8-11(4-6-18-13)12-5-7-19-14(17)9-12/h4-9H,10H2,1-3H3,(H2,17,19). The van der Waals surface area contributed by atoms with Gasteiger partial charge < -0.3 is 10.5 Å². The summed E-state index contributed by atoms with van der Waals surface area (Å²) >= 11 is 0. The second kappa shape index (κ2) is 5.91. The van der Waals surface area contributed by atoms with Crippen LogP contribution < -0.4 is 5.73 Å². The lowest BCUT2D eigenvalue weighted by molar-refractivity contribution is -0.153. The van der Waals surface area contributed by atoms with Crippen LogP contribution in [0.1, 0.15) is 26.5 Å². The maximum Gasteiger partial charge on any atom is 0.312 e. The minimum absolute atomic E-state index is 0.145. The fourth-order valence-corrected chi connectivity index (χ4v) is 1.91. The summed E-state index contributed by atoms with van der Waals surface area (Å²) in [5, 5.41) is 0. The highest BCUT2D eigenvalue weighted by atomic mass is 16.6. The van der Waals surface area contributed by atoms with Crippen molar-refractivity contribution in [2.24, 2.45) is 0 Å². The molecule has 0 fully saturated rings. The van der Waals surface area contributed by atoms with Crippen LogP contribution in [0.4, 0.5) is 5.82 Å². The number of carbonyl (C=O) groups is 1. The predicted molar refractivity (Wildman–Crippen MR) is 81.4 cm³/mol. The van der Waals surface area contributed by atoms with Crippen LogP contribution in [0.2, 0.25) is 0 Å². The minimum Gasteiger partial charge on any atom is -0.460 e. The maximum absolute atomic E-state index is 11.8. The molecule has 2 rings (SSSR count). The van der Waals surface area contributed by atoms with Gasteiger partial charge in [0.1, 0.15) is 11.4 Å². The van der Waals surface area contributed by atoms with Crippen molar-refractivity contribution < 1.29 is 9.53 Å². The van der Waals surface area contributed by atoms with E-state index in [1.54, 1.807) is 18.5 Å². The second-order valence-corrected chi connectivity index (χ2v) is 5.77. The van der Waals surface area contributed by atoms with Gasteiger partial charge in [-0.3, -0.25) is 9.78 Å². The number of rotatable bonds is 3. The molecule has 21 heavy (non-hydrogen) atoms. The van der Waals surface area contributed by atoms with Crippen LogP contribution in [-0.2, 0) is 16.0 Å². The summed E-state index contributed by atoms with van der Waals surface area (Å²) in [4.78, 5) is 20.0. The van der Waals surface area contributed by atoms with Crippen LogP contribution in [0.15, 0.2) is 36.7 Å². The van der Waals surface area contributed by atoms with E-state index in [1.165, 1.54) is 0 Å². The minimum atomic E-state index is -0.492. The molecular formula is C16H19N3O2. The lowest BCUT2D eigenvalue weighted by atomic mass is 10.1. The average molecular weight is 285 g/mol. The highest BCUT2D eigenvalue weighted by Gasteiger charge is 2.17. The zero-order valence-electron chi connectivity index (χ0n) is 12.5. The molecule has 110 valence electrons. The van der Waals surface area contributed by atoms with Crippen LogP contribution in [-0.4, -0.2) is 21.5 Å². The van der Waals surface area contributed by atoms with Gasteiger partial charge in [0.25, 0.3) is 0 Å². The van der Waals surface area contributed by atoms with Crippen LogP contribution in [0, 0.1) is 0 Å². The lowest BCUT2D eigenvalue weighted by Gasteiger charge is -2.19. The number of hydrogen-bond donors (Lipinski definition) is 1. The Morgan fingerprint density at radius 2 is 1.76 bits per heavy atom. The number of anilines is 1. The van der Waals surface area contributed by atoms with E-state index in [-0.39, 0.29) is 12.4 Å². The van der Waals surface area contributed by atoms with Gasteiger partial charge in [0.05, 0.1) is 12.1 Å². The van der Waals surface area contributed by atoms with Gasteiger partial charge in [-0.25, -0.2) is 4.98 Å². The molecule has 2 N–H and O–H groups in total. The summed E-state index contributed by atoms with van der Waals surface area (Å²) in [6, 6.07) is 7.38. The number of nitrogens with two attached hydrogens (primary N) is 1. The Balaban J connectivity index is 2.17. The van der Waals surface area contributed by atoms with Gasteiger partial charge in [0.2, 0.25) is 0 Å². The van der Waals surface area contributed by atoms with Gasteiger partial charge in [-0.2, -0.15) is 0 Å². The molecule has 0 spiro atoms. The molecule has 0 saturated heterocycles. The molecule has 0 radical (unpaired) electrons. The Hall–Kier alpha value is -2.43. The third kappa shape index (κ3) is 4.56. The summed E-state index contributed by atoms with van der Waals surface area (Å²) in [7, 11) is 0. The molecule has 0 aliphatic rings. The largest absolute Gasteiger partial charge is 0.460 e. The summed E-state index contributed by atoms with van der Waals surface area (Å²) in [6.45, 7) is 5.53. The fourth-order valence-electron chi connectivity index (χ4n) is 1.91. The molecule has 0 amide bonds. The van der Waals surface area contributed by atoms with Crippen molar-refractivity contribution in [3.8, 4) is 11.1 Å². The molecule has 0 aliphatic carbocycles. The summed E-state index contributed by atoms with van der Waals surface area (Å²) in [6.07, 6.45) is 3.47. The van der Waals surface area contributed by atoms with Gasteiger partial charge in [0.15, 0.2) is 0 Å². The van der Waals surface area contributed by atoms with Crippen molar-refractivity contribution in [3.05, 3.63) is 42.4 Å². The molecule has 0 saturated carbocycles. The highest BCUT2D eigenvalue weighted by molar-refractivity contribution is 5.73. The fraction of sp³-hybridized carbons (Fsp3) is 0.312. The van der Waals surface area contributed by atoms with Crippen molar-refractivity contribution in [2.75, 3.05) is 5.73 Å². The second-order valence-electron chi connectivity index (χ2n) is 5.77. The van der Waals surface area contributed by atoms with E-state index in [9.17, 15) is 4.79 Å². The van der Waals surface area contributed by atoms with Crippen LogP contribution >= 0.6 is 0 Å². The van der Waals surface area contributed by atoms with Crippen molar-refractivity contribution in [1.29, 1.82) is 0 Å². The average Bonchev–Trinajstić information content (AvgIpc) is 2.36. The molecule has 2 heterocycles. The van der Waals surface area contributed by atoms with E-state index in [0.717, 1.165) is 11.1 Å². The van der Waals surface area contributed by atoms with Crippen molar-refractivity contribution in [1.82, 2.24) is 9.97 Å². The third-order valence-electron chi connectivity index (χ3n) is 2.68. The van der Waals surface area contributed by atoms with Gasteiger partial charge in [-0.1, -0.05) is 0 Å². The first kappa shape index (κ1) is 15.0. The number of esters is 1. The number of aromatic nitrogens is 2. The molecule has 2 aromatic heterocycles. The highest BCUT2D eigenvalue weighted by Crippen LogP contribution is 2.21. The van der Waals surface area contributed by atoms with Gasteiger partial charge in [-0.15, -0.1) is 0 Å². The SMILES string of the molecule is CC(C)(C)OC(=O)Cc1cc(-c2ccnc(N)c2)ccn1. The number of hydrogen-bond acceptors (Lipinski definition) is 5.